The minimum atomic E-state index is -4.45. The number of allylic oxidation sites excluding steroid dienone is 5. The van der Waals surface area contributed by atoms with Crippen molar-refractivity contribution in [3.63, 3.8) is 0 Å². The van der Waals surface area contributed by atoms with Gasteiger partial charge in [-0.1, -0.05) is 314 Å². The van der Waals surface area contributed by atoms with Gasteiger partial charge in [-0.05, 0) is 63.9 Å². The molecule has 0 saturated heterocycles. The molecule has 3 unspecified atom stereocenters. The van der Waals surface area contributed by atoms with E-state index in [-0.39, 0.29) is 25.1 Å². The van der Waals surface area contributed by atoms with Crippen molar-refractivity contribution in [2.45, 2.75) is 367 Å². The Balaban J connectivity index is 4.94. The average Bonchev–Trinajstić information content (AvgIpc) is 3.44. The Labute approximate surface area is 504 Å². The molecule has 10 heteroatoms. The molecule has 0 aromatic rings. The Kier molecular flexibility index (Phi) is 60.0. The number of hydrogen-bond donors (Lipinski definition) is 2. The van der Waals surface area contributed by atoms with Gasteiger partial charge in [-0.2, -0.15) is 0 Å². The summed E-state index contributed by atoms with van der Waals surface area (Å²) in [6.45, 7) is 7.04. The predicted molar refractivity (Wildman–Crippen MR) is 351 cm³/mol. The van der Waals surface area contributed by atoms with Crippen LogP contribution in [-0.2, 0) is 27.9 Å². The number of nitrogens with zero attached hydrogens (tertiary/aromatic N) is 1. The van der Waals surface area contributed by atoms with E-state index in [9.17, 15) is 19.0 Å². The second-order valence-electron chi connectivity index (χ2n) is 25.4. The first-order valence-corrected chi connectivity index (χ1v) is 36.8. The highest BCUT2D eigenvalue weighted by molar-refractivity contribution is 7.47. The van der Waals surface area contributed by atoms with E-state index in [1.165, 1.54) is 257 Å². The van der Waals surface area contributed by atoms with E-state index in [0.717, 1.165) is 64.2 Å². The lowest BCUT2D eigenvalue weighted by Crippen LogP contribution is -2.47. The molecule has 0 spiro atoms. The van der Waals surface area contributed by atoms with Gasteiger partial charge in [0.1, 0.15) is 19.3 Å². The Morgan fingerprint density at radius 3 is 1.14 bits per heavy atom. The van der Waals surface area contributed by atoms with Gasteiger partial charge in [-0.15, -0.1) is 0 Å². The number of phosphoric ester groups is 1. The highest BCUT2D eigenvalue weighted by Gasteiger charge is 2.30. The van der Waals surface area contributed by atoms with Crippen molar-refractivity contribution < 1.29 is 37.3 Å². The van der Waals surface area contributed by atoms with Crippen molar-refractivity contribution in [2.24, 2.45) is 0 Å². The number of carbonyl (C=O) groups is 2. The minimum Gasteiger partial charge on any atom is -0.456 e. The lowest BCUT2D eigenvalue weighted by Gasteiger charge is -2.27. The molecule has 0 heterocycles. The monoisotopic (exact) mass is 1160 g/mol. The fraction of sp³-hybridized carbons (Fsp3) is 0.887. The summed E-state index contributed by atoms with van der Waals surface area (Å²) in [6.07, 6.45) is 75.9. The van der Waals surface area contributed by atoms with E-state index in [4.69, 9.17) is 13.8 Å². The number of unbranched alkanes of at least 4 members (excludes halogenated alkanes) is 45. The van der Waals surface area contributed by atoms with Crippen LogP contribution >= 0.6 is 7.82 Å². The molecule has 1 amide bonds. The molecule has 0 fully saturated rings. The van der Waals surface area contributed by atoms with Gasteiger partial charge in [-0.25, -0.2) is 4.57 Å². The fourth-order valence-electron chi connectivity index (χ4n) is 10.6. The van der Waals surface area contributed by atoms with E-state index >= 15 is 0 Å². The molecule has 3 atom stereocenters. The SMILES string of the molecule is CCCCC/C=C\C/C=C\CCCCCCCCCCCCCCCCCCCC(=O)OC(/C=C/CCCCCCCCCCC)C(COP(=O)(O)OCC[N+](C)(C)C)NC(=O)CCCCCCCCCCCCCCCCCCC. The first-order valence-electron chi connectivity index (χ1n) is 35.3. The predicted octanol–water partition coefficient (Wildman–Crippen LogP) is 22.2. The number of rotatable bonds is 65. The maximum atomic E-state index is 13.6. The first kappa shape index (κ1) is 79.2. The molecule has 2 N–H and O–H groups in total. The summed E-state index contributed by atoms with van der Waals surface area (Å²) in [5, 5.41) is 3.07. The van der Waals surface area contributed by atoms with Crippen LogP contribution in [0.5, 0.6) is 0 Å². The first-order chi connectivity index (χ1) is 39.4. The van der Waals surface area contributed by atoms with Crippen LogP contribution in [0.15, 0.2) is 36.5 Å². The molecule has 478 valence electrons. The maximum Gasteiger partial charge on any atom is 0.472 e. The molecular formula is C71H138N2O7P+. The Hall–Kier alpha value is -1.77. The van der Waals surface area contributed by atoms with Gasteiger partial charge in [0.15, 0.2) is 0 Å². The van der Waals surface area contributed by atoms with E-state index in [1.54, 1.807) is 0 Å². The van der Waals surface area contributed by atoms with Gasteiger partial charge in [0.2, 0.25) is 5.91 Å². The van der Waals surface area contributed by atoms with E-state index < -0.39 is 20.0 Å². The van der Waals surface area contributed by atoms with Crippen LogP contribution in [0.3, 0.4) is 0 Å². The fourth-order valence-corrected chi connectivity index (χ4v) is 11.4. The highest BCUT2D eigenvalue weighted by Crippen LogP contribution is 2.43. The molecule has 0 aromatic carbocycles. The number of carbonyl (C=O) groups excluding carboxylic acids is 2. The zero-order chi connectivity index (χ0) is 59.3. The number of amides is 1. The van der Waals surface area contributed by atoms with Gasteiger partial charge in [-0.3, -0.25) is 18.6 Å². The summed E-state index contributed by atoms with van der Waals surface area (Å²) in [5.74, 6) is -0.485. The molecule has 0 radical (unpaired) electrons. The molecule has 0 saturated carbocycles. The number of nitrogens with one attached hydrogen (secondary N) is 1. The summed E-state index contributed by atoms with van der Waals surface area (Å²) < 4.78 is 30.8. The minimum absolute atomic E-state index is 0.0439. The third kappa shape index (κ3) is 62.6. The van der Waals surface area contributed by atoms with Gasteiger partial charge in [0, 0.05) is 12.8 Å². The van der Waals surface area contributed by atoms with Crippen LogP contribution < -0.4 is 5.32 Å². The summed E-state index contributed by atoms with van der Waals surface area (Å²) in [6, 6.07) is -0.843. The number of ether oxygens (including phenoxy) is 1. The number of phosphoric acid groups is 1. The normalized spacial score (nSPS) is 13.7. The average molecular weight is 1160 g/mol. The largest absolute Gasteiger partial charge is 0.472 e. The number of likely N-dealkylation sites (N-methyl/N-ethyl adjacent to an activating group) is 1. The molecule has 0 aliphatic rings. The lowest BCUT2D eigenvalue weighted by molar-refractivity contribution is -0.870. The Morgan fingerprint density at radius 1 is 0.432 bits per heavy atom. The Morgan fingerprint density at radius 2 is 0.753 bits per heavy atom. The van der Waals surface area contributed by atoms with Gasteiger partial charge in [0.05, 0.1) is 33.8 Å². The van der Waals surface area contributed by atoms with Crippen LogP contribution in [0.1, 0.15) is 355 Å². The van der Waals surface area contributed by atoms with Gasteiger partial charge in [0.25, 0.3) is 0 Å². The van der Waals surface area contributed by atoms with Crippen LogP contribution in [0.25, 0.3) is 0 Å². The smallest absolute Gasteiger partial charge is 0.456 e. The standard InChI is InChI=1S/C71H137N2O7P/c1-7-10-13-16-19-22-25-27-29-31-32-33-34-35-36-37-38-39-40-42-44-46-49-52-55-58-61-64-71(75)80-69(62-59-56-53-50-47-24-21-18-15-12-9-3)68(67-79-81(76,77)78-66-65-73(4,5)6)72-70(74)63-60-57-54-51-48-45-43-41-30-28-26-23-20-17-14-11-8-2/h19,22,27,29,59,62,68-69H,7-18,20-21,23-26,28,30-58,60-61,63-67H2,1-6H3,(H-,72,74,76,77)/p+1/b22-19-,29-27-,62-59+. The van der Waals surface area contributed by atoms with E-state index in [2.05, 4.69) is 50.4 Å². The zero-order valence-electron chi connectivity index (χ0n) is 54.8. The van der Waals surface area contributed by atoms with Crippen molar-refractivity contribution in [1.29, 1.82) is 0 Å². The highest BCUT2D eigenvalue weighted by atomic mass is 31.2. The molecule has 0 bridgehead atoms. The Bertz CT molecular complexity index is 1480. The van der Waals surface area contributed by atoms with Crippen LogP contribution in [0.4, 0.5) is 0 Å². The van der Waals surface area contributed by atoms with E-state index in [1.807, 2.05) is 33.3 Å². The summed E-state index contributed by atoms with van der Waals surface area (Å²) >= 11 is 0. The van der Waals surface area contributed by atoms with Crippen LogP contribution in [-0.4, -0.2) is 74.3 Å². The van der Waals surface area contributed by atoms with Crippen LogP contribution in [0, 0.1) is 0 Å². The van der Waals surface area contributed by atoms with Crippen LogP contribution in [0.2, 0.25) is 0 Å². The number of hydrogen-bond acceptors (Lipinski definition) is 6. The van der Waals surface area contributed by atoms with E-state index in [0.29, 0.717) is 23.9 Å². The zero-order valence-corrected chi connectivity index (χ0v) is 55.7. The van der Waals surface area contributed by atoms with Crippen molar-refractivity contribution in [2.75, 3.05) is 40.9 Å². The summed E-state index contributed by atoms with van der Waals surface area (Å²) in [5.41, 5.74) is 0. The van der Waals surface area contributed by atoms with Crippen molar-refractivity contribution in [3.05, 3.63) is 36.5 Å². The second kappa shape index (κ2) is 61.3. The quantitative estimate of drug-likeness (QED) is 0.0205. The topological polar surface area (TPSA) is 111 Å². The van der Waals surface area contributed by atoms with Gasteiger partial charge >= 0.3 is 13.8 Å². The second-order valence-corrected chi connectivity index (χ2v) is 26.9. The van der Waals surface area contributed by atoms with Gasteiger partial charge < -0.3 is 19.4 Å². The van der Waals surface area contributed by atoms with Crippen molar-refractivity contribution in [1.82, 2.24) is 5.32 Å². The number of esters is 1. The molecule has 0 aliphatic carbocycles. The molecule has 0 aliphatic heterocycles. The molecule has 0 rings (SSSR count). The molecular weight excluding hydrogens is 1020 g/mol. The maximum absolute atomic E-state index is 13.6. The summed E-state index contributed by atoms with van der Waals surface area (Å²) in [4.78, 5) is 37.8. The summed E-state index contributed by atoms with van der Waals surface area (Å²) in [7, 11) is 1.51. The molecule has 9 nitrogen and oxygen atoms in total. The third-order valence-electron chi connectivity index (χ3n) is 16.1. The number of quaternary nitrogens is 1. The van der Waals surface area contributed by atoms with Crippen molar-refractivity contribution >= 4 is 19.7 Å². The lowest BCUT2D eigenvalue weighted by atomic mass is 10.0. The molecule has 81 heavy (non-hydrogen) atoms. The third-order valence-corrected chi connectivity index (χ3v) is 17.1. The van der Waals surface area contributed by atoms with Crippen molar-refractivity contribution in [3.8, 4) is 0 Å². The molecule has 0 aromatic heterocycles.